The summed E-state index contributed by atoms with van der Waals surface area (Å²) in [5.74, 6) is 0. The molecule has 3 aromatic heterocycles. The Bertz CT molecular complexity index is 2640. The van der Waals surface area contributed by atoms with Gasteiger partial charge in [-0.05, 0) is 109 Å². The summed E-state index contributed by atoms with van der Waals surface area (Å²) in [5.41, 5.74) is 22.7. The molecule has 8 heterocycles. The van der Waals surface area contributed by atoms with Gasteiger partial charge in [0.15, 0.2) is 18.6 Å². The molecule has 0 atom stereocenters. The minimum atomic E-state index is 0.736. The normalized spacial score (nSPS) is 16.4. The Morgan fingerprint density at radius 2 is 0.827 bits per heavy atom. The van der Waals surface area contributed by atoms with Crippen molar-refractivity contribution < 1.29 is 13.7 Å². The molecule has 0 fully saturated rings. The zero-order valence-corrected chi connectivity index (χ0v) is 29.4. The number of fused-ring (bicyclic) bond motifs is 8. The fourth-order valence-corrected chi connectivity index (χ4v) is 9.35. The van der Waals surface area contributed by atoms with Gasteiger partial charge in [-0.3, -0.25) is 0 Å². The predicted molar refractivity (Wildman–Crippen MR) is 206 cm³/mol. The van der Waals surface area contributed by atoms with Crippen molar-refractivity contribution >= 4 is 11.3 Å². The molecular weight excluding hydrogens is 631 g/mol. The van der Waals surface area contributed by atoms with E-state index in [0.717, 1.165) is 51.6 Å². The molecule has 0 amide bonds. The van der Waals surface area contributed by atoms with Gasteiger partial charge in [0.05, 0.1) is 16.7 Å². The van der Waals surface area contributed by atoms with Crippen molar-refractivity contribution in [2.45, 2.75) is 51.6 Å². The quantitative estimate of drug-likeness (QED) is 0.144. The van der Waals surface area contributed by atoms with Gasteiger partial charge in [0, 0.05) is 52.4 Å². The lowest BCUT2D eigenvalue weighted by molar-refractivity contribution is -0.903. The first kappa shape index (κ1) is 29.8. The van der Waals surface area contributed by atoms with Crippen LogP contribution in [-0.4, -0.2) is 0 Å². The Morgan fingerprint density at radius 1 is 0.365 bits per heavy atom. The van der Waals surface area contributed by atoms with Crippen LogP contribution >= 0.6 is 0 Å². The van der Waals surface area contributed by atoms with E-state index in [1.54, 1.807) is 0 Å². The van der Waals surface area contributed by atoms with E-state index in [2.05, 4.69) is 160 Å². The molecule has 0 N–H and O–H groups in total. The number of aryl methyl sites for hydroxylation is 6. The van der Waals surface area contributed by atoms with Crippen molar-refractivity contribution in [3.63, 3.8) is 0 Å². The second-order valence-corrected chi connectivity index (χ2v) is 15.1. The molecule has 12 rings (SSSR count). The molecule has 52 heavy (non-hydrogen) atoms. The van der Waals surface area contributed by atoms with Crippen molar-refractivity contribution in [1.29, 1.82) is 0 Å². The van der Waals surface area contributed by atoms with Gasteiger partial charge in [0.1, 0.15) is 0 Å². The van der Waals surface area contributed by atoms with Gasteiger partial charge in [-0.15, -0.1) is 9.13 Å². The zero-order chi connectivity index (χ0) is 34.2. The summed E-state index contributed by atoms with van der Waals surface area (Å²) < 4.78 is 7.57. The van der Waals surface area contributed by atoms with Crippen molar-refractivity contribution in [1.82, 2.24) is 0 Å². The topological polar surface area (TPSA) is 11.6 Å². The SMILES string of the molecule is c1ccc2c(c1)C/C1=C3\c4ccccc4-c4ccc(c[n+]43)CCc3cc4cc(c3)CCc3ccc([n+](c3)C[n+]3cc(ccc3-2)CC4)-c2ccccc21. The molecule has 0 radical (unpaired) electrons. The van der Waals surface area contributed by atoms with Crippen LogP contribution in [0.25, 0.3) is 45.0 Å². The number of nitrogens with zero attached hydrogens (tertiary/aromatic N) is 3. The average Bonchev–Trinajstić information content (AvgIpc) is 3.50. The first-order valence-electron chi connectivity index (χ1n) is 18.9. The Labute approximate surface area is 305 Å². The van der Waals surface area contributed by atoms with E-state index in [0.29, 0.717) is 0 Å². The van der Waals surface area contributed by atoms with Crippen molar-refractivity contribution in [2.24, 2.45) is 0 Å². The number of allylic oxidation sites excluding steroid dienone is 1. The fourth-order valence-electron chi connectivity index (χ4n) is 9.35. The molecule has 0 unspecified atom stereocenters. The molecule has 4 aromatic carbocycles. The average molecular weight is 671 g/mol. The van der Waals surface area contributed by atoms with E-state index in [9.17, 15) is 0 Å². The summed E-state index contributed by atoms with van der Waals surface area (Å²) >= 11 is 0. The third-order valence-corrected chi connectivity index (χ3v) is 11.9. The summed E-state index contributed by atoms with van der Waals surface area (Å²) in [6, 6.07) is 49.1. The summed E-state index contributed by atoms with van der Waals surface area (Å²) in [6.07, 6.45) is 14.3. The number of aromatic nitrogens is 3. The molecular formula is C49H40N3+3. The highest BCUT2D eigenvalue weighted by atomic mass is 15.2. The molecule has 3 heteroatoms. The third kappa shape index (κ3) is 4.91. The molecule has 0 spiro atoms. The molecule has 5 aliphatic heterocycles. The van der Waals surface area contributed by atoms with Gasteiger partial charge in [-0.1, -0.05) is 66.7 Å². The number of pyridine rings is 3. The van der Waals surface area contributed by atoms with E-state index < -0.39 is 0 Å². The maximum absolute atomic E-state index is 2.53. The van der Waals surface area contributed by atoms with E-state index in [4.69, 9.17) is 0 Å². The monoisotopic (exact) mass is 670 g/mol. The Morgan fingerprint density at radius 3 is 1.46 bits per heavy atom. The lowest BCUT2D eigenvalue weighted by Gasteiger charge is -2.15. The number of rotatable bonds is 0. The van der Waals surface area contributed by atoms with Crippen LogP contribution in [0.5, 0.6) is 0 Å². The summed E-state index contributed by atoms with van der Waals surface area (Å²) in [4.78, 5) is 0. The maximum atomic E-state index is 2.53. The van der Waals surface area contributed by atoms with E-state index >= 15 is 0 Å². The Hall–Kier alpha value is -5.93. The highest BCUT2D eigenvalue weighted by molar-refractivity contribution is 5.98. The van der Waals surface area contributed by atoms with Gasteiger partial charge >= 0.3 is 6.67 Å². The smallest absolute Gasteiger partial charge is 0.159 e. The maximum Gasteiger partial charge on any atom is 0.344 e. The van der Waals surface area contributed by atoms with Crippen LogP contribution in [0.3, 0.4) is 0 Å². The van der Waals surface area contributed by atoms with Gasteiger partial charge in [0.25, 0.3) is 0 Å². The van der Waals surface area contributed by atoms with Crippen molar-refractivity contribution in [3.8, 4) is 33.8 Å². The molecule has 5 aliphatic rings. The standard InChI is InChI=1S/C49H40N3/c1-2-8-40-39(7-1)28-45-41-9-3-4-10-42(41)47-23-20-34-14-17-37-25-36(16-13-33-19-22-46(40)50(29-33)32-51(47)30-34)26-38(27-37)18-15-35-21-24-48-43-11-5-6-12-44(43)49(45)52(48)31-35/h1-12,19-27,29-31H,13-18,28,32H2/q+3/b49-45-. The molecule has 0 saturated carbocycles. The van der Waals surface area contributed by atoms with Crippen molar-refractivity contribution in [3.05, 3.63) is 196 Å². The van der Waals surface area contributed by atoms with Crippen LogP contribution in [0.4, 0.5) is 0 Å². The van der Waals surface area contributed by atoms with Gasteiger partial charge in [-0.2, -0.15) is 4.57 Å². The third-order valence-electron chi connectivity index (χ3n) is 11.9. The Balaban J connectivity index is 1.31. The lowest BCUT2D eigenvalue weighted by atomic mass is 9.87. The largest absolute Gasteiger partial charge is 0.344 e. The van der Waals surface area contributed by atoms with Gasteiger partial charge < -0.3 is 0 Å². The second-order valence-electron chi connectivity index (χ2n) is 15.1. The summed E-state index contributed by atoms with van der Waals surface area (Å²) in [7, 11) is 0. The van der Waals surface area contributed by atoms with Crippen LogP contribution in [0, 0.1) is 0 Å². The van der Waals surface area contributed by atoms with Crippen LogP contribution in [0.2, 0.25) is 0 Å². The number of benzene rings is 4. The molecule has 11 bridgehead atoms. The summed E-state index contributed by atoms with van der Waals surface area (Å²) in [5, 5.41) is 0. The Kier molecular flexibility index (Phi) is 6.76. The first-order chi connectivity index (χ1) is 25.7. The van der Waals surface area contributed by atoms with Crippen LogP contribution in [-0.2, 0) is 51.6 Å². The van der Waals surface area contributed by atoms with Crippen LogP contribution in [0.15, 0.2) is 146 Å². The highest BCUT2D eigenvalue weighted by Crippen LogP contribution is 2.42. The van der Waals surface area contributed by atoms with Crippen LogP contribution < -0.4 is 13.7 Å². The van der Waals surface area contributed by atoms with Gasteiger partial charge in [0.2, 0.25) is 22.8 Å². The van der Waals surface area contributed by atoms with Crippen molar-refractivity contribution in [2.75, 3.05) is 0 Å². The van der Waals surface area contributed by atoms with E-state index in [1.165, 1.54) is 95.1 Å². The number of hydrogen-bond acceptors (Lipinski definition) is 0. The second kappa shape index (κ2) is 11.8. The minimum Gasteiger partial charge on any atom is -0.159 e. The predicted octanol–water partition coefficient (Wildman–Crippen LogP) is 8.32. The summed E-state index contributed by atoms with van der Waals surface area (Å²) in [6.45, 7) is 0.736. The number of hydrogen-bond donors (Lipinski definition) is 0. The highest BCUT2D eigenvalue weighted by Gasteiger charge is 2.37. The lowest BCUT2D eigenvalue weighted by Crippen LogP contribution is -2.54. The zero-order valence-electron chi connectivity index (χ0n) is 29.4. The molecule has 3 nitrogen and oxygen atoms in total. The van der Waals surface area contributed by atoms with Gasteiger partial charge in [-0.25, -0.2) is 0 Å². The molecule has 0 aliphatic carbocycles. The first-order valence-corrected chi connectivity index (χ1v) is 18.9. The van der Waals surface area contributed by atoms with E-state index in [1.807, 2.05) is 0 Å². The van der Waals surface area contributed by atoms with Crippen LogP contribution in [0.1, 0.15) is 50.1 Å². The molecule has 7 aromatic rings. The molecule has 0 saturated heterocycles. The fraction of sp³-hybridized carbons (Fsp3) is 0.163. The van der Waals surface area contributed by atoms with E-state index in [-0.39, 0.29) is 0 Å². The minimum absolute atomic E-state index is 0.736. The molecule has 248 valence electrons.